The molecule has 12 heteroatoms. The van der Waals surface area contributed by atoms with Crippen LogP contribution in [-0.2, 0) is 20.8 Å². The SMILES string of the molecule is O=S(=O)(O)Oc1cc(O)c(O)c(OS(=O)(=O)O)c1. The van der Waals surface area contributed by atoms with Crippen molar-refractivity contribution in [2.45, 2.75) is 0 Å². The van der Waals surface area contributed by atoms with Crippen LogP contribution in [0.15, 0.2) is 12.1 Å². The van der Waals surface area contributed by atoms with Crippen LogP contribution in [0.4, 0.5) is 0 Å². The first kappa shape index (κ1) is 14.3. The van der Waals surface area contributed by atoms with Crippen LogP contribution in [0, 0.1) is 0 Å². The number of benzene rings is 1. The third kappa shape index (κ3) is 4.25. The predicted octanol–water partition coefficient (Wildman–Crippen LogP) is -0.539. The van der Waals surface area contributed by atoms with Crippen molar-refractivity contribution in [3.63, 3.8) is 0 Å². The lowest BCUT2D eigenvalue weighted by Gasteiger charge is -2.08. The van der Waals surface area contributed by atoms with E-state index in [4.69, 9.17) is 19.3 Å². The van der Waals surface area contributed by atoms with Crippen LogP contribution in [0.3, 0.4) is 0 Å². The minimum atomic E-state index is -5.02. The van der Waals surface area contributed by atoms with Crippen LogP contribution in [0.25, 0.3) is 0 Å². The molecule has 1 rings (SSSR count). The van der Waals surface area contributed by atoms with Gasteiger partial charge in [-0.15, -0.1) is 0 Å². The summed E-state index contributed by atoms with van der Waals surface area (Å²) in [5.41, 5.74) is 0. The molecule has 1 aromatic rings. The summed E-state index contributed by atoms with van der Waals surface area (Å²) in [6.07, 6.45) is 0. The topological polar surface area (TPSA) is 168 Å². The molecule has 0 amide bonds. The van der Waals surface area contributed by atoms with Crippen LogP contribution < -0.4 is 8.37 Å². The average Bonchev–Trinajstić information content (AvgIpc) is 2.08. The van der Waals surface area contributed by atoms with Gasteiger partial charge in [0.1, 0.15) is 0 Å². The summed E-state index contributed by atoms with van der Waals surface area (Å²) < 4.78 is 66.0. The van der Waals surface area contributed by atoms with Crippen molar-refractivity contribution in [3.8, 4) is 23.0 Å². The van der Waals surface area contributed by atoms with Gasteiger partial charge in [0.25, 0.3) is 0 Å². The Balaban J connectivity index is 3.27. The fraction of sp³-hybridized carbons (Fsp3) is 0. The molecule has 0 heterocycles. The lowest BCUT2D eigenvalue weighted by atomic mass is 10.3. The maximum atomic E-state index is 10.4. The zero-order valence-electron chi connectivity index (χ0n) is 8.21. The van der Waals surface area contributed by atoms with Crippen LogP contribution in [0.2, 0.25) is 0 Å². The van der Waals surface area contributed by atoms with Gasteiger partial charge in [0, 0.05) is 12.1 Å². The average molecular weight is 302 g/mol. The Labute approximate surface area is 101 Å². The van der Waals surface area contributed by atoms with E-state index < -0.39 is 43.8 Å². The highest BCUT2D eigenvalue weighted by atomic mass is 32.3. The highest BCUT2D eigenvalue weighted by Crippen LogP contribution is 2.40. The number of hydrogen-bond acceptors (Lipinski definition) is 8. The molecule has 0 aromatic heterocycles. The third-order valence-electron chi connectivity index (χ3n) is 1.42. The summed E-state index contributed by atoms with van der Waals surface area (Å²) in [7, 11) is -9.94. The second-order valence-corrected chi connectivity index (χ2v) is 4.86. The zero-order valence-corrected chi connectivity index (χ0v) is 9.84. The highest BCUT2D eigenvalue weighted by Gasteiger charge is 2.19. The molecule has 18 heavy (non-hydrogen) atoms. The van der Waals surface area contributed by atoms with Gasteiger partial charge < -0.3 is 18.6 Å². The van der Waals surface area contributed by atoms with E-state index in [1.165, 1.54) is 0 Å². The third-order valence-corrected chi connectivity index (χ3v) is 2.22. The Morgan fingerprint density at radius 2 is 1.39 bits per heavy atom. The fourth-order valence-electron chi connectivity index (χ4n) is 0.915. The predicted molar refractivity (Wildman–Crippen MR) is 54.1 cm³/mol. The summed E-state index contributed by atoms with van der Waals surface area (Å²) in [4.78, 5) is 0. The van der Waals surface area contributed by atoms with Crippen molar-refractivity contribution in [1.29, 1.82) is 0 Å². The molecule has 4 N–H and O–H groups in total. The van der Waals surface area contributed by atoms with E-state index in [-0.39, 0.29) is 0 Å². The normalized spacial score (nSPS) is 12.1. The molecule has 0 atom stereocenters. The van der Waals surface area contributed by atoms with Crippen LogP contribution in [0.5, 0.6) is 23.0 Å². The van der Waals surface area contributed by atoms with Crippen LogP contribution in [0.1, 0.15) is 0 Å². The van der Waals surface area contributed by atoms with Gasteiger partial charge in [-0.05, 0) is 0 Å². The molecular formula is C6H6O10S2. The van der Waals surface area contributed by atoms with Crippen molar-refractivity contribution in [1.82, 2.24) is 0 Å². The van der Waals surface area contributed by atoms with E-state index in [9.17, 15) is 16.8 Å². The van der Waals surface area contributed by atoms with E-state index in [0.29, 0.717) is 12.1 Å². The molecule has 10 nitrogen and oxygen atoms in total. The quantitative estimate of drug-likeness (QED) is 0.418. The van der Waals surface area contributed by atoms with Gasteiger partial charge in [0.15, 0.2) is 17.2 Å². The van der Waals surface area contributed by atoms with Gasteiger partial charge >= 0.3 is 20.8 Å². The van der Waals surface area contributed by atoms with Gasteiger partial charge in [0.2, 0.25) is 5.75 Å². The van der Waals surface area contributed by atoms with E-state index in [2.05, 4.69) is 8.37 Å². The summed E-state index contributed by atoms with van der Waals surface area (Å²) in [6.45, 7) is 0. The lowest BCUT2D eigenvalue weighted by molar-refractivity contribution is 0.353. The van der Waals surface area contributed by atoms with E-state index in [0.717, 1.165) is 0 Å². The van der Waals surface area contributed by atoms with Gasteiger partial charge in [0.05, 0.1) is 0 Å². The monoisotopic (exact) mass is 302 g/mol. The minimum absolute atomic E-state index is 0.497. The van der Waals surface area contributed by atoms with E-state index in [1.54, 1.807) is 0 Å². The second-order valence-electron chi connectivity index (χ2n) is 2.81. The maximum Gasteiger partial charge on any atom is 0.446 e. The number of rotatable bonds is 4. The molecule has 0 aliphatic carbocycles. The molecule has 0 spiro atoms. The number of phenolic OH excluding ortho intramolecular Hbond substituents is 2. The highest BCUT2D eigenvalue weighted by molar-refractivity contribution is 7.81. The number of phenols is 2. The van der Waals surface area contributed by atoms with Gasteiger partial charge in [-0.25, -0.2) is 0 Å². The molecule has 0 aliphatic heterocycles. The smallest absolute Gasteiger partial charge is 0.446 e. The molecule has 0 bridgehead atoms. The summed E-state index contributed by atoms with van der Waals surface area (Å²) in [6, 6.07) is 1.05. The lowest BCUT2D eigenvalue weighted by Crippen LogP contribution is -2.09. The van der Waals surface area contributed by atoms with Crippen molar-refractivity contribution < 1.29 is 44.5 Å². The van der Waals surface area contributed by atoms with Crippen LogP contribution in [-0.4, -0.2) is 36.2 Å². The molecule has 1 aromatic carbocycles. The Kier molecular flexibility index (Phi) is 3.57. The largest absolute Gasteiger partial charge is 0.504 e. The Hall–Kier alpha value is -1.76. The Morgan fingerprint density at radius 1 is 0.889 bits per heavy atom. The zero-order chi connectivity index (χ0) is 14.1. The summed E-state index contributed by atoms with van der Waals surface area (Å²) >= 11 is 0. The van der Waals surface area contributed by atoms with Gasteiger partial charge in [-0.1, -0.05) is 0 Å². The van der Waals surface area contributed by atoms with Crippen molar-refractivity contribution in [2.24, 2.45) is 0 Å². The Bertz CT molecular complexity index is 658. The second kappa shape index (κ2) is 4.49. The number of aromatic hydroxyl groups is 2. The van der Waals surface area contributed by atoms with E-state index >= 15 is 0 Å². The summed E-state index contributed by atoms with van der Waals surface area (Å²) in [5.74, 6) is -3.85. The molecule has 0 saturated heterocycles. The van der Waals surface area contributed by atoms with Crippen molar-refractivity contribution in [2.75, 3.05) is 0 Å². The maximum absolute atomic E-state index is 10.4. The first-order valence-corrected chi connectivity index (χ1v) is 6.61. The summed E-state index contributed by atoms with van der Waals surface area (Å²) in [5, 5.41) is 18.3. The van der Waals surface area contributed by atoms with E-state index in [1.807, 2.05) is 0 Å². The molecule has 102 valence electrons. The molecule has 0 saturated carbocycles. The molecule has 0 radical (unpaired) electrons. The number of hydrogen-bond donors (Lipinski definition) is 4. The van der Waals surface area contributed by atoms with Gasteiger partial charge in [-0.3, -0.25) is 9.11 Å². The van der Waals surface area contributed by atoms with Gasteiger partial charge in [-0.2, -0.15) is 16.8 Å². The van der Waals surface area contributed by atoms with Crippen LogP contribution >= 0.6 is 0 Å². The first-order chi connectivity index (χ1) is 7.98. The molecular weight excluding hydrogens is 296 g/mol. The first-order valence-electron chi connectivity index (χ1n) is 3.88. The standard InChI is InChI=1S/C6H6O10S2/c7-4-1-3(15-17(9,10)11)2-5(6(4)8)16-18(12,13)14/h1-2,7-8H,(H,9,10,11)(H,12,13,14). The van der Waals surface area contributed by atoms with Crippen molar-refractivity contribution in [3.05, 3.63) is 12.1 Å². The fourth-order valence-corrected chi connectivity index (χ4v) is 1.61. The molecule has 0 unspecified atom stereocenters. The van der Waals surface area contributed by atoms with Crippen molar-refractivity contribution >= 4 is 20.8 Å². The minimum Gasteiger partial charge on any atom is -0.504 e. The molecule has 0 fully saturated rings. The Morgan fingerprint density at radius 3 is 1.83 bits per heavy atom. The molecule has 0 aliphatic rings.